The molecular formula is C14H19NO. The summed E-state index contributed by atoms with van der Waals surface area (Å²) in [5.74, 6) is 1.72. The third kappa shape index (κ3) is 1.44. The SMILES string of the molecule is C[C@H]1CN(C)CC[C@@]12Cc1ccccc1O2. The van der Waals surface area contributed by atoms with E-state index in [0.717, 1.165) is 31.7 Å². The van der Waals surface area contributed by atoms with Crippen molar-refractivity contribution < 1.29 is 4.74 Å². The van der Waals surface area contributed by atoms with Crippen LogP contribution in [0.2, 0.25) is 0 Å². The van der Waals surface area contributed by atoms with Crippen molar-refractivity contribution in [1.82, 2.24) is 4.90 Å². The number of likely N-dealkylation sites (tertiary alicyclic amines) is 1. The van der Waals surface area contributed by atoms with Gasteiger partial charge in [0.15, 0.2) is 0 Å². The maximum Gasteiger partial charge on any atom is 0.123 e. The zero-order valence-electron chi connectivity index (χ0n) is 10.1. The fourth-order valence-electron chi connectivity index (χ4n) is 3.09. The Bertz CT molecular complexity index is 376. The normalized spacial score (nSPS) is 33.8. The van der Waals surface area contributed by atoms with E-state index in [1.54, 1.807) is 0 Å². The summed E-state index contributed by atoms with van der Waals surface area (Å²) in [6.07, 6.45) is 2.25. The smallest absolute Gasteiger partial charge is 0.123 e. The molecule has 1 spiro atoms. The van der Waals surface area contributed by atoms with Crippen LogP contribution >= 0.6 is 0 Å². The van der Waals surface area contributed by atoms with Crippen LogP contribution in [0.3, 0.4) is 0 Å². The van der Waals surface area contributed by atoms with Gasteiger partial charge in [-0.25, -0.2) is 0 Å². The summed E-state index contributed by atoms with van der Waals surface area (Å²) < 4.78 is 6.27. The van der Waals surface area contributed by atoms with Crippen molar-refractivity contribution in [3.05, 3.63) is 29.8 Å². The topological polar surface area (TPSA) is 12.5 Å². The molecule has 1 aromatic rings. The Kier molecular flexibility index (Phi) is 2.21. The highest BCUT2D eigenvalue weighted by Crippen LogP contribution is 2.43. The summed E-state index contributed by atoms with van der Waals surface area (Å²) in [5, 5.41) is 0. The summed E-state index contributed by atoms with van der Waals surface area (Å²) in [7, 11) is 2.20. The summed E-state index contributed by atoms with van der Waals surface area (Å²) in [6, 6.07) is 8.49. The lowest BCUT2D eigenvalue weighted by Crippen LogP contribution is -2.52. The quantitative estimate of drug-likeness (QED) is 0.661. The molecule has 0 unspecified atom stereocenters. The molecule has 2 aliphatic heterocycles. The molecule has 16 heavy (non-hydrogen) atoms. The van der Waals surface area contributed by atoms with Crippen LogP contribution < -0.4 is 4.74 Å². The first-order valence-electron chi connectivity index (χ1n) is 6.15. The van der Waals surface area contributed by atoms with Gasteiger partial charge in [0.2, 0.25) is 0 Å². The Hall–Kier alpha value is -1.02. The molecule has 0 amide bonds. The molecule has 1 aromatic carbocycles. The van der Waals surface area contributed by atoms with Crippen LogP contribution in [-0.4, -0.2) is 30.6 Å². The first-order valence-corrected chi connectivity index (χ1v) is 6.15. The molecule has 1 saturated heterocycles. The van der Waals surface area contributed by atoms with E-state index in [2.05, 4.69) is 43.1 Å². The average Bonchev–Trinajstić information content (AvgIpc) is 2.64. The van der Waals surface area contributed by atoms with Crippen LogP contribution in [0.1, 0.15) is 18.9 Å². The molecule has 0 radical (unpaired) electrons. The molecule has 2 aliphatic rings. The molecule has 2 atom stereocenters. The summed E-state index contributed by atoms with van der Waals surface area (Å²) >= 11 is 0. The number of piperidine rings is 1. The number of fused-ring (bicyclic) bond motifs is 1. The van der Waals surface area contributed by atoms with Gasteiger partial charge in [-0.2, -0.15) is 0 Å². The van der Waals surface area contributed by atoms with Gasteiger partial charge in [-0.05, 0) is 18.7 Å². The molecule has 2 heterocycles. The van der Waals surface area contributed by atoms with Gasteiger partial charge < -0.3 is 9.64 Å². The van der Waals surface area contributed by atoms with E-state index in [9.17, 15) is 0 Å². The van der Waals surface area contributed by atoms with Crippen molar-refractivity contribution in [1.29, 1.82) is 0 Å². The van der Waals surface area contributed by atoms with E-state index in [0.29, 0.717) is 5.92 Å². The van der Waals surface area contributed by atoms with E-state index in [1.165, 1.54) is 5.56 Å². The summed E-state index contributed by atoms with van der Waals surface area (Å²) in [4.78, 5) is 2.41. The predicted molar refractivity (Wildman–Crippen MR) is 64.8 cm³/mol. The van der Waals surface area contributed by atoms with Crippen molar-refractivity contribution in [2.24, 2.45) is 5.92 Å². The Morgan fingerprint density at radius 3 is 2.94 bits per heavy atom. The molecule has 0 saturated carbocycles. The van der Waals surface area contributed by atoms with Crippen LogP contribution in [0.15, 0.2) is 24.3 Å². The third-order valence-electron chi connectivity index (χ3n) is 4.18. The molecule has 3 rings (SSSR count). The van der Waals surface area contributed by atoms with Gasteiger partial charge in [0.1, 0.15) is 11.4 Å². The number of hydrogen-bond acceptors (Lipinski definition) is 2. The Morgan fingerprint density at radius 1 is 1.38 bits per heavy atom. The van der Waals surface area contributed by atoms with Gasteiger partial charge in [-0.3, -0.25) is 0 Å². The maximum atomic E-state index is 6.27. The van der Waals surface area contributed by atoms with E-state index >= 15 is 0 Å². The van der Waals surface area contributed by atoms with Crippen molar-refractivity contribution in [2.75, 3.05) is 20.1 Å². The number of ether oxygens (including phenoxy) is 1. The van der Waals surface area contributed by atoms with Crippen LogP contribution in [0.5, 0.6) is 5.75 Å². The molecular weight excluding hydrogens is 198 g/mol. The lowest BCUT2D eigenvalue weighted by Gasteiger charge is -2.42. The molecule has 2 heteroatoms. The van der Waals surface area contributed by atoms with E-state index < -0.39 is 0 Å². The molecule has 0 aliphatic carbocycles. The number of nitrogens with zero attached hydrogens (tertiary/aromatic N) is 1. The zero-order chi connectivity index (χ0) is 11.2. The van der Waals surface area contributed by atoms with E-state index in [-0.39, 0.29) is 5.60 Å². The van der Waals surface area contributed by atoms with Gasteiger partial charge in [0.05, 0.1) is 0 Å². The van der Waals surface area contributed by atoms with Gasteiger partial charge in [0, 0.05) is 31.8 Å². The lowest BCUT2D eigenvalue weighted by molar-refractivity contribution is -0.0212. The molecule has 86 valence electrons. The highest BCUT2D eigenvalue weighted by Gasteiger charge is 2.46. The van der Waals surface area contributed by atoms with Gasteiger partial charge in [-0.15, -0.1) is 0 Å². The van der Waals surface area contributed by atoms with Crippen LogP contribution in [0.25, 0.3) is 0 Å². The minimum atomic E-state index is 0.0796. The standard InChI is InChI=1S/C14H19NO/c1-11-10-15(2)8-7-14(11)9-12-5-3-4-6-13(12)16-14/h3-6,11H,7-10H2,1-2H3/t11-,14+/m0/s1. The lowest BCUT2D eigenvalue weighted by atomic mass is 9.79. The van der Waals surface area contributed by atoms with Crippen LogP contribution in [-0.2, 0) is 6.42 Å². The summed E-state index contributed by atoms with van der Waals surface area (Å²) in [6.45, 7) is 4.62. The van der Waals surface area contributed by atoms with Gasteiger partial charge in [-0.1, -0.05) is 25.1 Å². The van der Waals surface area contributed by atoms with Crippen molar-refractivity contribution in [2.45, 2.75) is 25.4 Å². The maximum absolute atomic E-state index is 6.27. The number of para-hydroxylation sites is 1. The van der Waals surface area contributed by atoms with Crippen LogP contribution in [0.4, 0.5) is 0 Å². The second-order valence-corrected chi connectivity index (χ2v) is 5.36. The van der Waals surface area contributed by atoms with Crippen molar-refractivity contribution >= 4 is 0 Å². The molecule has 0 aromatic heterocycles. The first-order chi connectivity index (χ1) is 7.70. The van der Waals surface area contributed by atoms with Crippen LogP contribution in [0, 0.1) is 5.92 Å². The zero-order valence-corrected chi connectivity index (χ0v) is 10.1. The van der Waals surface area contributed by atoms with Gasteiger partial charge >= 0.3 is 0 Å². The number of hydrogen-bond donors (Lipinski definition) is 0. The molecule has 0 N–H and O–H groups in total. The second-order valence-electron chi connectivity index (χ2n) is 5.36. The number of benzene rings is 1. The van der Waals surface area contributed by atoms with E-state index in [1.807, 2.05) is 0 Å². The third-order valence-corrected chi connectivity index (χ3v) is 4.18. The number of rotatable bonds is 0. The van der Waals surface area contributed by atoms with Gasteiger partial charge in [0.25, 0.3) is 0 Å². The first kappa shape index (κ1) is 10.2. The molecule has 2 nitrogen and oxygen atoms in total. The van der Waals surface area contributed by atoms with E-state index in [4.69, 9.17) is 4.74 Å². The monoisotopic (exact) mass is 217 g/mol. The summed E-state index contributed by atoms with van der Waals surface area (Å²) in [5.41, 5.74) is 1.47. The van der Waals surface area contributed by atoms with Crippen molar-refractivity contribution in [3.63, 3.8) is 0 Å². The molecule has 1 fully saturated rings. The highest BCUT2D eigenvalue weighted by atomic mass is 16.5. The molecule has 0 bridgehead atoms. The Labute approximate surface area is 97.2 Å². The fourth-order valence-corrected chi connectivity index (χ4v) is 3.09. The minimum Gasteiger partial charge on any atom is -0.486 e. The Balaban J connectivity index is 1.88. The van der Waals surface area contributed by atoms with Crippen molar-refractivity contribution in [3.8, 4) is 5.75 Å². The second kappa shape index (κ2) is 3.49. The Morgan fingerprint density at radius 2 is 2.19 bits per heavy atom. The highest BCUT2D eigenvalue weighted by molar-refractivity contribution is 5.39. The minimum absolute atomic E-state index is 0.0796. The largest absolute Gasteiger partial charge is 0.486 e. The predicted octanol–water partition coefficient (Wildman–Crippen LogP) is 2.33. The average molecular weight is 217 g/mol. The fraction of sp³-hybridized carbons (Fsp3) is 0.571.